The summed E-state index contributed by atoms with van der Waals surface area (Å²) in [5.41, 5.74) is 5.69. The van der Waals surface area contributed by atoms with E-state index in [2.05, 4.69) is 21.5 Å². The molecule has 0 bridgehead atoms. The molecule has 0 spiro atoms. The lowest BCUT2D eigenvalue weighted by Gasteiger charge is -2.13. The van der Waals surface area contributed by atoms with Gasteiger partial charge < -0.3 is 15.3 Å². The van der Waals surface area contributed by atoms with Crippen molar-refractivity contribution in [3.05, 3.63) is 53.6 Å². The van der Waals surface area contributed by atoms with Crippen molar-refractivity contribution in [1.29, 1.82) is 0 Å². The molecular weight excluding hydrogens is 330 g/mol. The molecule has 1 saturated heterocycles. The number of imidazole rings is 1. The van der Waals surface area contributed by atoms with Crippen LogP contribution in [0, 0.1) is 0 Å². The third kappa shape index (κ3) is 2.43. The fraction of sp³-hybridized carbons (Fsp3) is 0.316. The zero-order valence-electron chi connectivity index (χ0n) is 14.2. The summed E-state index contributed by atoms with van der Waals surface area (Å²) < 4.78 is 7.88. The summed E-state index contributed by atoms with van der Waals surface area (Å²) in [5, 5.41) is 16.0. The molecule has 1 atom stereocenters. The summed E-state index contributed by atoms with van der Waals surface area (Å²) in [4.78, 5) is 8.93. The van der Waals surface area contributed by atoms with Gasteiger partial charge in [-0.15, -0.1) is 0 Å². The summed E-state index contributed by atoms with van der Waals surface area (Å²) in [6.45, 7) is 0.776. The Hall–Kier alpha value is -2.93. The number of aryl methyl sites for hydroxylation is 1. The Morgan fingerprint density at radius 3 is 3.12 bits per heavy atom. The van der Waals surface area contributed by atoms with Crippen LogP contribution in [0.5, 0.6) is 0 Å². The van der Waals surface area contributed by atoms with E-state index in [1.54, 1.807) is 12.4 Å². The molecule has 26 heavy (non-hydrogen) atoms. The van der Waals surface area contributed by atoms with Crippen LogP contribution in [-0.2, 0) is 11.2 Å². The van der Waals surface area contributed by atoms with E-state index in [4.69, 9.17) is 14.9 Å². The maximum absolute atomic E-state index is 9.11. The predicted octanol–water partition coefficient (Wildman–Crippen LogP) is 3.45. The quantitative estimate of drug-likeness (QED) is 0.559. The van der Waals surface area contributed by atoms with Crippen LogP contribution < -0.4 is 5.32 Å². The highest BCUT2D eigenvalue weighted by Crippen LogP contribution is 2.35. The number of anilines is 2. The van der Waals surface area contributed by atoms with Crippen molar-refractivity contribution in [2.75, 3.05) is 11.9 Å². The van der Waals surface area contributed by atoms with Crippen LogP contribution in [0.2, 0.25) is 0 Å². The first-order valence-corrected chi connectivity index (χ1v) is 8.88. The number of aromatic nitrogens is 3. The second-order valence-electron chi connectivity index (χ2n) is 6.70. The fourth-order valence-electron chi connectivity index (χ4n) is 3.86. The van der Waals surface area contributed by atoms with Gasteiger partial charge in [-0.25, -0.2) is 4.98 Å². The van der Waals surface area contributed by atoms with Gasteiger partial charge in [-0.1, -0.05) is 11.2 Å². The van der Waals surface area contributed by atoms with E-state index in [0.29, 0.717) is 0 Å². The lowest BCUT2D eigenvalue weighted by Crippen LogP contribution is -2.03. The highest BCUT2D eigenvalue weighted by Gasteiger charge is 2.26. The molecule has 1 unspecified atom stereocenters. The van der Waals surface area contributed by atoms with Gasteiger partial charge in [-0.2, -0.15) is 0 Å². The number of fused-ring (bicyclic) bond motifs is 2. The van der Waals surface area contributed by atoms with Crippen LogP contribution in [0.3, 0.4) is 0 Å². The third-order valence-electron chi connectivity index (χ3n) is 5.12. The molecule has 0 amide bonds. The number of oxime groups is 1. The zero-order valence-corrected chi connectivity index (χ0v) is 14.2. The van der Waals surface area contributed by atoms with Crippen LogP contribution in [0.25, 0.3) is 5.65 Å². The minimum Gasteiger partial charge on any atom is -0.411 e. The fourth-order valence-corrected chi connectivity index (χ4v) is 3.86. The molecule has 1 fully saturated rings. The van der Waals surface area contributed by atoms with Gasteiger partial charge in [0.1, 0.15) is 17.6 Å². The molecule has 5 rings (SSSR count). The Morgan fingerprint density at radius 1 is 1.31 bits per heavy atom. The van der Waals surface area contributed by atoms with Gasteiger partial charge >= 0.3 is 0 Å². The van der Waals surface area contributed by atoms with Crippen LogP contribution in [-0.4, -0.2) is 31.9 Å². The molecule has 3 heterocycles. The Morgan fingerprint density at radius 2 is 2.27 bits per heavy atom. The molecule has 1 aliphatic heterocycles. The van der Waals surface area contributed by atoms with Crippen molar-refractivity contribution in [3.8, 4) is 0 Å². The summed E-state index contributed by atoms with van der Waals surface area (Å²) in [6, 6.07) is 6.14. The summed E-state index contributed by atoms with van der Waals surface area (Å²) in [5.74, 6) is 0.920. The van der Waals surface area contributed by atoms with Gasteiger partial charge in [-0.3, -0.25) is 9.38 Å². The third-order valence-corrected chi connectivity index (χ3v) is 5.12. The summed E-state index contributed by atoms with van der Waals surface area (Å²) >= 11 is 0. The largest absolute Gasteiger partial charge is 0.411 e. The Bertz CT molecular complexity index is 1000. The minimum absolute atomic E-state index is 0.0138. The first-order valence-electron chi connectivity index (χ1n) is 8.88. The van der Waals surface area contributed by atoms with Crippen molar-refractivity contribution < 1.29 is 9.94 Å². The van der Waals surface area contributed by atoms with Crippen LogP contribution in [0.15, 0.2) is 41.9 Å². The zero-order chi connectivity index (χ0) is 17.5. The highest BCUT2D eigenvalue weighted by molar-refractivity contribution is 6.04. The summed E-state index contributed by atoms with van der Waals surface area (Å²) in [7, 11) is 0. The van der Waals surface area contributed by atoms with E-state index in [9.17, 15) is 0 Å². The number of ether oxygens (including phenoxy) is 1. The number of benzene rings is 1. The van der Waals surface area contributed by atoms with E-state index < -0.39 is 0 Å². The van der Waals surface area contributed by atoms with Crippen molar-refractivity contribution in [1.82, 2.24) is 14.4 Å². The average Bonchev–Trinajstić information content (AvgIpc) is 3.40. The number of hydrogen-bond donors (Lipinski definition) is 2. The molecule has 0 radical (unpaired) electrons. The van der Waals surface area contributed by atoms with Crippen molar-refractivity contribution in [2.45, 2.75) is 31.8 Å². The summed E-state index contributed by atoms with van der Waals surface area (Å²) in [6.07, 6.45) is 9.14. The van der Waals surface area contributed by atoms with Crippen LogP contribution in [0.4, 0.5) is 11.5 Å². The topological polar surface area (TPSA) is 84.0 Å². The van der Waals surface area contributed by atoms with Gasteiger partial charge in [-0.05, 0) is 43.4 Å². The number of rotatable bonds is 3. The number of hydrogen-bond acceptors (Lipinski definition) is 6. The first kappa shape index (κ1) is 15.3. The lowest BCUT2D eigenvalue weighted by atomic mass is 10.1. The molecule has 3 aromatic rings. The predicted molar refractivity (Wildman–Crippen MR) is 97.3 cm³/mol. The molecule has 1 aromatic carbocycles. The Balaban J connectivity index is 1.56. The second kappa shape index (κ2) is 6.10. The van der Waals surface area contributed by atoms with Gasteiger partial charge in [0.25, 0.3) is 0 Å². The SMILES string of the molecule is O/N=C1/CCc2cc(Nc3c(C4CCCO4)nc4cnccn34)ccc21. The van der Waals surface area contributed by atoms with Crippen LogP contribution in [0.1, 0.15) is 42.2 Å². The highest BCUT2D eigenvalue weighted by atomic mass is 16.5. The van der Waals surface area contributed by atoms with E-state index >= 15 is 0 Å². The van der Waals surface area contributed by atoms with Crippen molar-refractivity contribution in [3.63, 3.8) is 0 Å². The van der Waals surface area contributed by atoms with E-state index in [1.807, 2.05) is 22.7 Å². The molecule has 7 heteroatoms. The Kier molecular flexibility index (Phi) is 3.60. The van der Waals surface area contributed by atoms with Gasteiger partial charge in [0.15, 0.2) is 5.65 Å². The molecule has 1 aliphatic carbocycles. The number of nitrogens with one attached hydrogen (secondary N) is 1. The smallest absolute Gasteiger partial charge is 0.157 e. The normalized spacial score (nSPS) is 20.8. The van der Waals surface area contributed by atoms with Crippen LogP contribution >= 0.6 is 0 Å². The van der Waals surface area contributed by atoms with Crippen molar-refractivity contribution in [2.24, 2.45) is 5.16 Å². The Labute approximate surface area is 150 Å². The monoisotopic (exact) mass is 349 g/mol. The number of nitrogens with zero attached hydrogens (tertiary/aromatic N) is 4. The van der Waals surface area contributed by atoms with Crippen molar-refractivity contribution >= 4 is 22.9 Å². The molecule has 2 N–H and O–H groups in total. The molecule has 7 nitrogen and oxygen atoms in total. The van der Waals surface area contributed by atoms with Gasteiger partial charge in [0.05, 0.1) is 11.9 Å². The minimum atomic E-state index is 0.0138. The van der Waals surface area contributed by atoms with E-state index in [0.717, 1.165) is 66.4 Å². The molecule has 2 aliphatic rings. The maximum Gasteiger partial charge on any atom is 0.157 e. The van der Waals surface area contributed by atoms with E-state index in [-0.39, 0.29) is 6.10 Å². The second-order valence-corrected chi connectivity index (χ2v) is 6.70. The lowest BCUT2D eigenvalue weighted by molar-refractivity contribution is 0.109. The molecular formula is C19H19N5O2. The van der Waals surface area contributed by atoms with E-state index in [1.165, 1.54) is 5.56 Å². The molecule has 2 aromatic heterocycles. The standard InChI is InChI=1S/C19H19N5O2/c25-23-15-6-3-12-10-13(4-5-14(12)15)21-19-18(16-2-1-9-26-16)22-17-11-20-7-8-24(17)19/h4-5,7-8,10-11,16,21,25H,1-3,6,9H2/b23-15-. The molecule has 0 saturated carbocycles. The van der Waals surface area contributed by atoms with Gasteiger partial charge in [0.2, 0.25) is 0 Å². The van der Waals surface area contributed by atoms with Gasteiger partial charge in [0, 0.05) is 30.3 Å². The first-order chi connectivity index (χ1) is 12.8. The maximum atomic E-state index is 9.11. The average molecular weight is 349 g/mol. The molecule has 132 valence electrons.